The third-order valence-electron chi connectivity index (χ3n) is 3.98. The smallest absolute Gasteiger partial charge is 0.307 e. The van der Waals surface area contributed by atoms with E-state index in [4.69, 9.17) is 5.11 Å². The first kappa shape index (κ1) is 15.0. The van der Waals surface area contributed by atoms with Gasteiger partial charge in [0.15, 0.2) is 0 Å². The average Bonchev–Trinajstić information content (AvgIpc) is 2.94. The van der Waals surface area contributed by atoms with E-state index in [-0.39, 0.29) is 6.42 Å². The predicted molar refractivity (Wildman–Crippen MR) is 79.8 cm³/mol. The molecule has 1 unspecified atom stereocenters. The summed E-state index contributed by atoms with van der Waals surface area (Å²) < 4.78 is 0. The number of aliphatic carboxylic acids is 1. The van der Waals surface area contributed by atoms with Crippen molar-refractivity contribution in [2.75, 3.05) is 19.6 Å². The lowest BCUT2D eigenvalue weighted by atomic mass is 10.0. The highest BCUT2D eigenvalue weighted by molar-refractivity contribution is 5.70. The molecule has 1 saturated heterocycles. The van der Waals surface area contributed by atoms with Gasteiger partial charge in [-0.2, -0.15) is 0 Å². The quantitative estimate of drug-likeness (QED) is 0.798. The highest BCUT2D eigenvalue weighted by Crippen LogP contribution is 2.12. The van der Waals surface area contributed by atoms with Gasteiger partial charge in [-0.15, -0.1) is 0 Å². The fraction of sp³-hybridized carbons (Fsp3) is 0.562. The number of hydrogen-bond acceptors (Lipinski definition) is 3. The van der Waals surface area contributed by atoms with Crippen molar-refractivity contribution in [2.45, 2.75) is 38.8 Å². The van der Waals surface area contributed by atoms with Crippen LogP contribution in [0.25, 0.3) is 0 Å². The van der Waals surface area contributed by atoms with Crippen molar-refractivity contribution in [1.29, 1.82) is 0 Å². The third kappa shape index (κ3) is 4.32. The van der Waals surface area contributed by atoms with Gasteiger partial charge in [0.05, 0.1) is 6.42 Å². The number of benzene rings is 1. The van der Waals surface area contributed by atoms with Gasteiger partial charge >= 0.3 is 5.97 Å². The molecule has 0 radical (unpaired) electrons. The largest absolute Gasteiger partial charge is 0.481 e. The third-order valence-corrected chi connectivity index (χ3v) is 3.98. The van der Waals surface area contributed by atoms with Crippen molar-refractivity contribution >= 4 is 5.97 Å². The summed E-state index contributed by atoms with van der Waals surface area (Å²) in [5.41, 5.74) is 1.99. The second-order valence-electron chi connectivity index (χ2n) is 5.56. The first-order valence-electron chi connectivity index (χ1n) is 7.40. The maximum absolute atomic E-state index is 10.8. The van der Waals surface area contributed by atoms with Crippen LogP contribution >= 0.6 is 0 Å². The first-order valence-corrected chi connectivity index (χ1v) is 7.40. The standard InChI is InChI=1S/C16H24N2O2/c1-13(18-8-4-5-9-18)11-17-12-15-7-3-2-6-14(15)10-16(19)20/h2-3,6-7,13,17H,4-5,8-12H2,1H3,(H,19,20). The molecule has 1 aromatic carbocycles. The summed E-state index contributed by atoms with van der Waals surface area (Å²) in [7, 11) is 0. The van der Waals surface area contributed by atoms with Crippen LogP contribution in [-0.4, -0.2) is 41.7 Å². The molecule has 0 aliphatic carbocycles. The molecule has 2 rings (SSSR count). The van der Waals surface area contributed by atoms with E-state index in [1.807, 2.05) is 24.3 Å². The number of rotatable bonds is 7. The SMILES string of the molecule is CC(CNCc1ccccc1CC(=O)O)N1CCCC1. The Hall–Kier alpha value is -1.39. The van der Waals surface area contributed by atoms with Crippen LogP contribution in [-0.2, 0) is 17.8 Å². The van der Waals surface area contributed by atoms with Crippen LogP contribution in [0, 0.1) is 0 Å². The zero-order valence-corrected chi connectivity index (χ0v) is 12.1. The summed E-state index contributed by atoms with van der Waals surface area (Å²) in [5.74, 6) is -0.775. The molecular formula is C16H24N2O2. The summed E-state index contributed by atoms with van der Waals surface area (Å²) in [4.78, 5) is 13.4. The molecule has 2 N–H and O–H groups in total. The summed E-state index contributed by atoms with van der Waals surface area (Å²) in [6, 6.07) is 8.31. The molecule has 0 spiro atoms. The van der Waals surface area contributed by atoms with Crippen molar-refractivity contribution in [3.05, 3.63) is 35.4 Å². The van der Waals surface area contributed by atoms with E-state index in [2.05, 4.69) is 17.1 Å². The molecule has 0 aromatic heterocycles. The zero-order valence-electron chi connectivity index (χ0n) is 12.1. The normalized spacial score (nSPS) is 17.2. The molecule has 1 fully saturated rings. The summed E-state index contributed by atoms with van der Waals surface area (Å²) in [5, 5.41) is 12.4. The van der Waals surface area contributed by atoms with Gasteiger partial charge in [0.2, 0.25) is 0 Å². The van der Waals surface area contributed by atoms with Crippen LogP contribution in [0.4, 0.5) is 0 Å². The van der Waals surface area contributed by atoms with Gasteiger partial charge in [0, 0.05) is 19.1 Å². The summed E-state index contributed by atoms with van der Waals surface area (Å²) in [6.07, 6.45) is 2.72. The number of carbonyl (C=O) groups is 1. The van der Waals surface area contributed by atoms with Crippen LogP contribution in [0.5, 0.6) is 0 Å². The lowest BCUT2D eigenvalue weighted by molar-refractivity contribution is -0.136. The molecule has 1 aliphatic rings. The molecule has 4 nitrogen and oxygen atoms in total. The molecule has 1 aliphatic heterocycles. The van der Waals surface area contributed by atoms with Crippen LogP contribution in [0.3, 0.4) is 0 Å². The van der Waals surface area contributed by atoms with Gasteiger partial charge in [-0.25, -0.2) is 0 Å². The fourth-order valence-corrected chi connectivity index (χ4v) is 2.79. The fourth-order valence-electron chi connectivity index (χ4n) is 2.79. The van der Waals surface area contributed by atoms with Crippen molar-refractivity contribution in [1.82, 2.24) is 10.2 Å². The second-order valence-corrected chi connectivity index (χ2v) is 5.56. The highest BCUT2D eigenvalue weighted by Gasteiger charge is 2.17. The van der Waals surface area contributed by atoms with Gasteiger partial charge < -0.3 is 10.4 Å². The maximum Gasteiger partial charge on any atom is 0.307 e. The topological polar surface area (TPSA) is 52.6 Å². The lowest BCUT2D eigenvalue weighted by Crippen LogP contribution is -2.38. The van der Waals surface area contributed by atoms with Crippen LogP contribution in [0.15, 0.2) is 24.3 Å². The van der Waals surface area contributed by atoms with Crippen LogP contribution in [0.2, 0.25) is 0 Å². The van der Waals surface area contributed by atoms with Gasteiger partial charge in [0.25, 0.3) is 0 Å². The lowest BCUT2D eigenvalue weighted by Gasteiger charge is -2.24. The number of carboxylic acid groups (broad SMARTS) is 1. The van der Waals surface area contributed by atoms with Gasteiger partial charge in [-0.05, 0) is 44.0 Å². The minimum atomic E-state index is -0.775. The van der Waals surface area contributed by atoms with Crippen LogP contribution < -0.4 is 5.32 Å². The summed E-state index contributed by atoms with van der Waals surface area (Å²) in [6.45, 7) is 6.35. The Labute approximate surface area is 120 Å². The molecule has 1 aromatic rings. The Morgan fingerprint density at radius 3 is 2.60 bits per heavy atom. The Kier molecular flexibility index (Phi) is 5.56. The van der Waals surface area contributed by atoms with Crippen molar-refractivity contribution in [3.8, 4) is 0 Å². The van der Waals surface area contributed by atoms with E-state index in [9.17, 15) is 4.79 Å². The predicted octanol–water partition coefficient (Wildman–Crippen LogP) is 1.89. The van der Waals surface area contributed by atoms with Gasteiger partial charge in [0.1, 0.15) is 0 Å². The van der Waals surface area contributed by atoms with E-state index >= 15 is 0 Å². The Morgan fingerprint density at radius 1 is 1.30 bits per heavy atom. The molecule has 1 heterocycles. The first-order chi connectivity index (χ1) is 9.66. The molecule has 110 valence electrons. The minimum Gasteiger partial charge on any atom is -0.481 e. The number of likely N-dealkylation sites (tertiary alicyclic amines) is 1. The van der Waals surface area contributed by atoms with Crippen molar-refractivity contribution in [3.63, 3.8) is 0 Å². The Bertz CT molecular complexity index is 442. The molecule has 0 saturated carbocycles. The second kappa shape index (κ2) is 7.41. The summed E-state index contributed by atoms with van der Waals surface area (Å²) >= 11 is 0. The maximum atomic E-state index is 10.8. The van der Waals surface area contributed by atoms with Gasteiger partial charge in [-0.1, -0.05) is 24.3 Å². The zero-order chi connectivity index (χ0) is 14.4. The molecule has 4 heteroatoms. The molecule has 0 amide bonds. The van der Waals surface area contributed by atoms with E-state index < -0.39 is 5.97 Å². The molecular weight excluding hydrogens is 252 g/mol. The minimum absolute atomic E-state index is 0.0968. The number of hydrogen-bond donors (Lipinski definition) is 2. The Balaban J connectivity index is 1.82. The molecule has 0 bridgehead atoms. The van der Waals surface area contributed by atoms with E-state index in [0.29, 0.717) is 6.04 Å². The van der Waals surface area contributed by atoms with Gasteiger partial charge in [-0.3, -0.25) is 9.69 Å². The number of nitrogens with zero attached hydrogens (tertiary/aromatic N) is 1. The molecule has 20 heavy (non-hydrogen) atoms. The van der Waals surface area contributed by atoms with Crippen molar-refractivity contribution in [2.24, 2.45) is 0 Å². The average molecular weight is 276 g/mol. The van der Waals surface area contributed by atoms with E-state index in [1.54, 1.807) is 0 Å². The number of nitrogens with one attached hydrogen (secondary N) is 1. The highest BCUT2D eigenvalue weighted by atomic mass is 16.4. The molecule has 1 atom stereocenters. The monoisotopic (exact) mass is 276 g/mol. The Morgan fingerprint density at radius 2 is 1.95 bits per heavy atom. The van der Waals surface area contributed by atoms with E-state index in [0.717, 1.165) is 24.2 Å². The van der Waals surface area contributed by atoms with Crippen molar-refractivity contribution < 1.29 is 9.90 Å². The number of carboxylic acids is 1. The van der Waals surface area contributed by atoms with E-state index in [1.165, 1.54) is 25.9 Å². The van der Waals surface area contributed by atoms with Crippen LogP contribution in [0.1, 0.15) is 30.9 Å².